The third kappa shape index (κ3) is 17.9. The molecule has 1 rings (SSSR count). The molecule has 33 heavy (non-hydrogen) atoms. The van der Waals surface area contributed by atoms with Crippen molar-refractivity contribution in [2.75, 3.05) is 5.75 Å². The minimum Gasteiger partial charge on any atom is -0.748 e. The molecule has 0 aliphatic carbocycles. The van der Waals surface area contributed by atoms with Gasteiger partial charge in [-0.3, -0.25) is 0 Å². The molecule has 6 heteroatoms. The first-order valence-corrected chi connectivity index (χ1v) is 14.7. The third-order valence-corrected chi connectivity index (χ3v) is 6.93. The van der Waals surface area contributed by atoms with Crippen LogP contribution in [-0.2, 0) is 23.0 Å². The molecule has 0 aromatic heterocycles. The van der Waals surface area contributed by atoms with Crippen molar-refractivity contribution in [3.63, 3.8) is 0 Å². The molecule has 0 aliphatic rings. The number of aryl methyl sites for hydroxylation is 2. The molecule has 0 saturated heterocycles. The summed E-state index contributed by atoms with van der Waals surface area (Å²) < 4.78 is 38.8. The van der Waals surface area contributed by atoms with Crippen LogP contribution in [0.15, 0.2) is 18.2 Å². The number of rotatable bonds is 20. The second kappa shape index (κ2) is 20.2. The van der Waals surface area contributed by atoms with E-state index in [1.807, 2.05) is 6.07 Å². The molecule has 0 saturated carbocycles. The molecule has 0 amide bonds. The van der Waals surface area contributed by atoms with E-state index in [2.05, 4.69) is 26.0 Å². The predicted octanol–water partition coefficient (Wildman–Crippen LogP) is 4.59. The van der Waals surface area contributed by atoms with E-state index >= 15 is 0 Å². The van der Waals surface area contributed by atoms with Crippen LogP contribution in [0.25, 0.3) is 0 Å². The maximum atomic E-state index is 11.0. The molecule has 1 unspecified atom stereocenters. The Bertz CT molecular complexity index is 706. The minimum atomic E-state index is -4.29. The molecule has 0 N–H and O–H groups in total. The van der Waals surface area contributed by atoms with Crippen molar-refractivity contribution >= 4 is 10.1 Å². The van der Waals surface area contributed by atoms with Gasteiger partial charge in [0.1, 0.15) is 11.9 Å². The van der Waals surface area contributed by atoms with E-state index in [0.717, 1.165) is 12.8 Å². The smallest absolute Gasteiger partial charge is 0.748 e. The summed E-state index contributed by atoms with van der Waals surface area (Å²) in [5.74, 6) is 0.169. The fraction of sp³-hybridized carbons (Fsp3) is 0.778. The molecule has 1 atom stereocenters. The number of benzene rings is 1. The van der Waals surface area contributed by atoms with Gasteiger partial charge in [-0.1, -0.05) is 97.0 Å². The van der Waals surface area contributed by atoms with E-state index < -0.39 is 22.0 Å². The summed E-state index contributed by atoms with van der Waals surface area (Å²) in [4.78, 5) is 0. The van der Waals surface area contributed by atoms with Crippen LogP contribution >= 0.6 is 0 Å². The maximum absolute atomic E-state index is 11.0. The molecule has 1 aromatic rings. The Hall–Kier alpha value is -0.0700. The summed E-state index contributed by atoms with van der Waals surface area (Å²) in [6.07, 6.45) is 19.6. The number of hydrogen-bond donors (Lipinski definition) is 0. The SMILES string of the molecule is CCCCCCCCCc1ccc(OC(C)CS(=O)(=O)[O-])cc1CCCCCCCCC.[Na+]. The first-order valence-electron chi connectivity index (χ1n) is 13.1. The third-order valence-electron chi connectivity index (χ3n) is 6.05. The average Bonchev–Trinajstić information content (AvgIpc) is 2.72. The van der Waals surface area contributed by atoms with Gasteiger partial charge in [0.2, 0.25) is 0 Å². The van der Waals surface area contributed by atoms with Crippen LogP contribution in [0.4, 0.5) is 0 Å². The van der Waals surface area contributed by atoms with E-state index in [0.29, 0.717) is 5.75 Å². The Morgan fingerprint density at radius 2 is 1.21 bits per heavy atom. The van der Waals surface area contributed by atoms with Crippen molar-refractivity contribution in [1.82, 2.24) is 0 Å². The zero-order valence-corrected chi connectivity index (χ0v) is 24.7. The van der Waals surface area contributed by atoms with E-state index in [4.69, 9.17) is 4.74 Å². The second-order valence-electron chi connectivity index (χ2n) is 9.33. The summed E-state index contributed by atoms with van der Waals surface area (Å²) in [5, 5.41) is 0. The van der Waals surface area contributed by atoms with Gasteiger partial charge in [-0.25, -0.2) is 8.42 Å². The molecular formula is C27H47NaO4S. The normalized spacial score (nSPS) is 12.4. The van der Waals surface area contributed by atoms with Crippen LogP contribution in [0.5, 0.6) is 5.75 Å². The Balaban J connectivity index is 0.0000102. The van der Waals surface area contributed by atoms with E-state index in [9.17, 15) is 13.0 Å². The summed E-state index contributed by atoms with van der Waals surface area (Å²) in [6.45, 7) is 6.13. The second-order valence-corrected chi connectivity index (χ2v) is 10.8. The van der Waals surface area contributed by atoms with Gasteiger partial charge < -0.3 is 9.29 Å². The Morgan fingerprint density at radius 3 is 1.70 bits per heavy atom. The first kappa shape index (κ1) is 32.9. The van der Waals surface area contributed by atoms with Crippen molar-refractivity contribution in [3.05, 3.63) is 29.3 Å². The van der Waals surface area contributed by atoms with Gasteiger partial charge in [0.25, 0.3) is 0 Å². The molecule has 0 heterocycles. The van der Waals surface area contributed by atoms with Gasteiger partial charge in [0, 0.05) is 0 Å². The van der Waals surface area contributed by atoms with E-state index in [1.54, 1.807) is 6.92 Å². The Morgan fingerprint density at radius 1 is 0.758 bits per heavy atom. The summed E-state index contributed by atoms with van der Waals surface area (Å²) >= 11 is 0. The van der Waals surface area contributed by atoms with Gasteiger partial charge in [-0.15, -0.1) is 0 Å². The standard InChI is InChI=1S/C27H48O4S.Na/c1-4-6-8-10-12-14-16-18-25-20-21-27(31-24(3)23-32(28,29)30)22-26(25)19-17-15-13-11-9-7-5-2;/h20-22,24H,4-19,23H2,1-3H3,(H,28,29,30);/q;+1/p-1. The quantitative estimate of drug-likeness (QED) is 0.152. The number of hydrogen-bond acceptors (Lipinski definition) is 4. The van der Waals surface area contributed by atoms with E-state index in [-0.39, 0.29) is 29.6 Å². The van der Waals surface area contributed by atoms with Crippen LogP contribution < -0.4 is 34.3 Å². The number of ether oxygens (including phenoxy) is 1. The largest absolute Gasteiger partial charge is 1.00 e. The average molecular weight is 491 g/mol. The molecule has 4 nitrogen and oxygen atoms in total. The summed E-state index contributed by atoms with van der Waals surface area (Å²) in [5.41, 5.74) is 2.71. The predicted molar refractivity (Wildman–Crippen MR) is 134 cm³/mol. The van der Waals surface area contributed by atoms with Gasteiger partial charge in [-0.2, -0.15) is 0 Å². The Labute approximate surface area is 226 Å². The molecule has 0 radical (unpaired) electrons. The minimum absolute atomic E-state index is 0. The fourth-order valence-electron chi connectivity index (χ4n) is 4.25. The van der Waals surface area contributed by atoms with Crippen LogP contribution in [0.1, 0.15) is 122 Å². The monoisotopic (exact) mass is 490 g/mol. The zero-order chi connectivity index (χ0) is 23.7. The van der Waals surface area contributed by atoms with Crippen LogP contribution in [0.3, 0.4) is 0 Å². The number of unbranched alkanes of at least 4 members (excludes halogenated alkanes) is 12. The van der Waals surface area contributed by atoms with Crippen molar-refractivity contribution in [3.8, 4) is 5.75 Å². The zero-order valence-electron chi connectivity index (χ0n) is 21.9. The molecule has 0 aliphatic heterocycles. The summed E-state index contributed by atoms with van der Waals surface area (Å²) in [7, 11) is -4.29. The first-order chi connectivity index (χ1) is 15.4. The van der Waals surface area contributed by atoms with Gasteiger partial charge in [-0.05, 0) is 55.9 Å². The van der Waals surface area contributed by atoms with Gasteiger partial charge in [0.05, 0.1) is 15.9 Å². The van der Waals surface area contributed by atoms with Crippen LogP contribution in [0.2, 0.25) is 0 Å². The molecule has 0 bridgehead atoms. The molecule has 186 valence electrons. The van der Waals surface area contributed by atoms with Crippen molar-refractivity contribution < 1.29 is 47.3 Å². The molecular weight excluding hydrogens is 443 g/mol. The van der Waals surface area contributed by atoms with Crippen molar-refractivity contribution in [2.45, 2.75) is 130 Å². The van der Waals surface area contributed by atoms with Crippen molar-refractivity contribution in [1.29, 1.82) is 0 Å². The van der Waals surface area contributed by atoms with E-state index in [1.165, 1.54) is 101 Å². The van der Waals surface area contributed by atoms with Crippen LogP contribution in [-0.4, -0.2) is 24.8 Å². The maximum Gasteiger partial charge on any atom is 1.00 e. The summed E-state index contributed by atoms with van der Waals surface area (Å²) in [6, 6.07) is 6.14. The van der Waals surface area contributed by atoms with Gasteiger partial charge >= 0.3 is 29.6 Å². The topological polar surface area (TPSA) is 66.4 Å². The van der Waals surface area contributed by atoms with Gasteiger partial charge in [0.15, 0.2) is 0 Å². The van der Waals surface area contributed by atoms with Crippen molar-refractivity contribution in [2.24, 2.45) is 0 Å². The molecule has 1 aromatic carbocycles. The van der Waals surface area contributed by atoms with Crippen LogP contribution in [0, 0.1) is 0 Å². The molecule has 0 spiro atoms. The molecule has 0 fully saturated rings. The Kier molecular flexibility index (Phi) is 20.1. The fourth-order valence-corrected chi connectivity index (χ4v) is 4.89.